The zero-order chi connectivity index (χ0) is 13.4. The summed E-state index contributed by atoms with van der Waals surface area (Å²) in [7, 11) is 0. The first-order chi connectivity index (χ1) is 9.16. The Hall–Kier alpha value is -0.550. The monoisotopic (exact) mass is 375 g/mol. The molecule has 1 aromatic heterocycles. The van der Waals surface area contributed by atoms with Gasteiger partial charge < -0.3 is 10.2 Å². The van der Waals surface area contributed by atoms with E-state index >= 15 is 0 Å². The minimum absolute atomic E-state index is 0. The van der Waals surface area contributed by atoms with E-state index in [0.29, 0.717) is 0 Å². The highest BCUT2D eigenvalue weighted by molar-refractivity contribution is 9.10. The number of pyridine rings is 1. The lowest BCUT2D eigenvalue weighted by atomic mass is 10.1. The van der Waals surface area contributed by atoms with Crippen molar-refractivity contribution in [3.63, 3.8) is 0 Å². The zero-order valence-corrected chi connectivity index (χ0v) is 14.3. The van der Waals surface area contributed by atoms with Gasteiger partial charge >= 0.3 is 0 Å². The molecule has 0 atom stereocenters. The van der Waals surface area contributed by atoms with Crippen LogP contribution in [0.4, 0.5) is 5.69 Å². The van der Waals surface area contributed by atoms with Crippen LogP contribution in [0.3, 0.4) is 0 Å². The van der Waals surface area contributed by atoms with Crippen molar-refractivity contribution < 1.29 is 0 Å². The van der Waals surface area contributed by atoms with Crippen LogP contribution in [0.25, 0.3) is 10.9 Å². The molecule has 0 unspecified atom stereocenters. The van der Waals surface area contributed by atoms with Crippen molar-refractivity contribution in [1.82, 2.24) is 10.3 Å². The van der Waals surface area contributed by atoms with Crippen LogP contribution in [0, 0.1) is 6.92 Å². The van der Waals surface area contributed by atoms with Gasteiger partial charge in [0.15, 0.2) is 0 Å². The standard InChI is InChI=1S/C14H15BrClN3.ClH/c1-9-6-10(16)7-11-13(9)18-8-12(15)14(11)19-4-2-17-3-5-19;/h6-8,17H,2-5H2,1H3;1H. The first-order valence-corrected chi connectivity index (χ1v) is 7.54. The number of rotatable bonds is 1. The number of fused-ring (bicyclic) bond motifs is 1. The topological polar surface area (TPSA) is 28.2 Å². The molecule has 0 saturated carbocycles. The van der Waals surface area contributed by atoms with E-state index in [2.05, 4.69) is 38.1 Å². The van der Waals surface area contributed by atoms with Gasteiger partial charge in [-0.15, -0.1) is 12.4 Å². The maximum Gasteiger partial charge on any atom is 0.0753 e. The second-order valence-corrected chi connectivity index (χ2v) is 6.10. The van der Waals surface area contributed by atoms with E-state index in [1.54, 1.807) is 0 Å². The normalized spacial score (nSPS) is 15.2. The highest BCUT2D eigenvalue weighted by Gasteiger charge is 2.18. The van der Waals surface area contributed by atoms with Gasteiger partial charge in [0.1, 0.15) is 0 Å². The summed E-state index contributed by atoms with van der Waals surface area (Å²) in [5.74, 6) is 0. The Morgan fingerprint density at radius 3 is 2.70 bits per heavy atom. The second kappa shape index (κ2) is 6.48. The lowest BCUT2D eigenvalue weighted by Crippen LogP contribution is -2.43. The third-order valence-electron chi connectivity index (χ3n) is 3.49. The van der Waals surface area contributed by atoms with Crippen LogP contribution in [-0.2, 0) is 0 Å². The van der Waals surface area contributed by atoms with Gasteiger partial charge in [-0.2, -0.15) is 0 Å². The van der Waals surface area contributed by atoms with Crippen molar-refractivity contribution in [3.8, 4) is 0 Å². The molecule has 0 spiro atoms. The van der Waals surface area contributed by atoms with Crippen molar-refractivity contribution >= 4 is 56.5 Å². The maximum absolute atomic E-state index is 6.21. The predicted octanol–water partition coefficient (Wildman–Crippen LogP) is 3.79. The Morgan fingerprint density at radius 2 is 2.00 bits per heavy atom. The first kappa shape index (κ1) is 15.8. The Morgan fingerprint density at radius 1 is 1.30 bits per heavy atom. The number of aryl methyl sites for hydroxylation is 1. The third-order valence-corrected chi connectivity index (χ3v) is 4.29. The first-order valence-electron chi connectivity index (χ1n) is 6.37. The summed E-state index contributed by atoms with van der Waals surface area (Å²) in [5.41, 5.74) is 3.35. The lowest BCUT2D eigenvalue weighted by Gasteiger charge is -2.31. The summed E-state index contributed by atoms with van der Waals surface area (Å²) in [5, 5.41) is 5.27. The summed E-state index contributed by atoms with van der Waals surface area (Å²) in [6.45, 7) is 6.08. The molecule has 1 aromatic carbocycles. The largest absolute Gasteiger partial charge is 0.367 e. The summed E-state index contributed by atoms with van der Waals surface area (Å²) in [6, 6.07) is 3.98. The van der Waals surface area contributed by atoms with Crippen molar-refractivity contribution in [2.45, 2.75) is 6.92 Å². The van der Waals surface area contributed by atoms with Gasteiger partial charge in [0.2, 0.25) is 0 Å². The molecule has 0 radical (unpaired) electrons. The maximum atomic E-state index is 6.21. The second-order valence-electron chi connectivity index (χ2n) is 4.81. The molecule has 1 N–H and O–H groups in total. The van der Waals surface area contributed by atoms with Crippen molar-refractivity contribution in [1.29, 1.82) is 0 Å². The lowest BCUT2D eigenvalue weighted by molar-refractivity contribution is 0.589. The van der Waals surface area contributed by atoms with Gasteiger partial charge in [-0.25, -0.2) is 0 Å². The minimum atomic E-state index is 0. The molecule has 0 aliphatic carbocycles. The Labute approximate surface area is 138 Å². The number of piperazine rings is 1. The van der Waals surface area contributed by atoms with E-state index in [4.69, 9.17) is 11.6 Å². The number of aromatic nitrogens is 1. The van der Waals surface area contributed by atoms with Crippen molar-refractivity contribution in [3.05, 3.63) is 33.4 Å². The number of halogens is 3. The molecule has 108 valence electrons. The SMILES string of the molecule is Cc1cc(Cl)cc2c(N3CCNCC3)c(Br)cnc12.Cl. The molecule has 20 heavy (non-hydrogen) atoms. The Balaban J connectivity index is 0.00000147. The predicted molar refractivity (Wildman–Crippen MR) is 91.5 cm³/mol. The van der Waals surface area contributed by atoms with Crippen LogP contribution < -0.4 is 10.2 Å². The van der Waals surface area contributed by atoms with Gasteiger partial charge in [-0.1, -0.05) is 11.6 Å². The zero-order valence-electron chi connectivity index (χ0n) is 11.1. The molecule has 1 aliphatic heterocycles. The minimum Gasteiger partial charge on any atom is -0.367 e. The van der Waals surface area contributed by atoms with E-state index in [1.807, 2.05) is 18.3 Å². The van der Waals surface area contributed by atoms with Crippen LogP contribution in [0.1, 0.15) is 5.56 Å². The molecule has 6 heteroatoms. The van der Waals surface area contributed by atoms with Gasteiger partial charge in [-0.3, -0.25) is 4.98 Å². The van der Waals surface area contributed by atoms with Crippen LogP contribution in [-0.4, -0.2) is 31.2 Å². The van der Waals surface area contributed by atoms with E-state index in [0.717, 1.165) is 52.1 Å². The molecule has 1 fully saturated rings. The summed E-state index contributed by atoms with van der Waals surface area (Å²) in [4.78, 5) is 6.92. The fourth-order valence-electron chi connectivity index (χ4n) is 2.61. The van der Waals surface area contributed by atoms with Gasteiger partial charge in [0.05, 0.1) is 15.7 Å². The fourth-order valence-corrected chi connectivity index (χ4v) is 3.45. The molecule has 2 aromatic rings. The number of hydrogen-bond acceptors (Lipinski definition) is 3. The molecular weight excluding hydrogens is 361 g/mol. The summed E-state index contributed by atoms with van der Waals surface area (Å²) in [6.07, 6.45) is 1.89. The van der Waals surface area contributed by atoms with E-state index in [-0.39, 0.29) is 12.4 Å². The average molecular weight is 377 g/mol. The Kier molecular flexibility index (Phi) is 5.13. The quantitative estimate of drug-likeness (QED) is 0.820. The summed E-state index contributed by atoms with van der Waals surface area (Å²) < 4.78 is 1.03. The molecule has 2 heterocycles. The van der Waals surface area contributed by atoms with Gasteiger partial charge in [0, 0.05) is 42.8 Å². The Bertz CT molecular complexity index is 627. The fraction of sp³-hybridized carbons (Fsp3) is 0.357. The molecule has 3 rings (SSSR count). The molecule has 3 nitrogen and oxygen atoms in total. The molecule has 0 bridgehead atoms. The van der Waals surface area contributed by atoms with E-state index < -0.39 is 0 Å². The van der Waals surface area contributed by atoms with Crippen LogP contribution in [0.15, 0.2) is 22.8 Å². The van der Waals surface area contributed by atoms with Crippen LogP contribution in [0.2, 0.25) is 5.02 Å². The van der Waals surface area contributed by atoms with Gasteiger partial charge in [-0.05, 0) is 40.5 Å². The molecule has 1 aliphatic rings. The third kappa shape index (κ3) is 2.89. The molecule has 1 saturated heterocycles. The number of anilines is 1. The molecule has 0 amide bonds. The van der Waals surface area contributed by atoms with Gasteiger partial charge in [0.25, 0.3) is 0 Å². The number of nitrogens with zero attached hydrogens (tertiary/aromatic N) is 2. The number of benzene rings is 1. The number of hydrogen-bond donors (Lipinski definition) is 1. The number of nitrogens with one attached hydrogen (secondary N) is 1. The van der Waals surface area contributed by atoms with Crippen molar-refractivity contribution in [2.75, 3.05) is 31.1 Å². The van der Waals surface area contributed by atoms with Crippen LogP contribution in [0.5, 0.6) is 0 Å². The smallest absolute Gasteiger partial charge is 0.0753 e. The average Bonchev–Trinajstić information content (AvgIpc) is 2.39. The van der Waals surface area contributed by atoms with E-state index in [1.165, 1.54) is 5.69 Å². The van der Waals surface area contributed by atoms with Crippen LogP contribution >= 0.6 is 39.9 Å². The van der Waals surface area contributed by atoms with Crippen molar-refractivity contribution in [2.24, 2.45) is 0 Å². The van der Waals surface area contributed by atoms with E-state index in [9.17, 15) is 0 Å². The highest BCUT2D eigenvalue weighted by Crippen LogP contribution is 2.36. The highest BCUT2D eigenvalue weighted by atomic mass is 79.9. The summed E-state index contributed by atoms with van der Waals surface area (Å²) >= 11 is 9.85. The molecular formula is C14H16BrCl2N3.